The van der Waals surface area contributed by atoms with Crippen molar-refractivity contribution < 1.29 is 45.9 Å². The Balaban J connectivity index is 0.753. The molecule has 4 N–H and O–H groups in total. The van der Waals surface area contributed by atoms with E-state index in [0.717, 1.165) is 28.6 Å². The molecule has 2 fully saturated rings. The molecule has 0 unspecified atom stereocenters. The fraction of sp³-hybridized carbons (Fsp3) is 0.382. The molecule has 412 valence electrons. The van der Waals surface area contributed by atoms with E-state index in [9.17, 15) is 37.1 Å². The number of nitrogens with one attached hydrogen (secondary N) is 3. The number of H-pyrrole nitrogens is 1. The number of β-amino-alcohol motifs (C(OH)–C–C–N with tert-alkyl or cyclic N) is 1. The van der Waals surface area contributed by atoms with Crippen LogP contribution in [0.1, 0.15) is 78.0 Å². The van der Waals surface area contributed by atoms with E-state index in [0.29, 0.717) is 71.3 Å². The summed E-state index contributed by atoms with van der Waals surface area (Å²) in [7, 11) is -2.15. The van der Waals surface area contributed by atoms with Crippen LogP contribution in [0.3, 0.4) is 0 Å². The van der Waals surface area contributed by atoms with Crippen molar-refractivity contribution in [3.05, 3.63) is 128 Å². The number of rotatable bonds is 15. The summed E-state index contributed by atoms with van der Waals surface area (Å²) in [6, 6.07) is 12.0. The van der Waals surface area contributed by atoms with Crippen LogP contribution in [0.25, 0.3) is 32.5 Å². The number of aromatic amines is 1. The SMILES string of the molecule is Cc1ncsc1-c1ccc([C@@]2(C)NC([C@H]3C[C@@H](O)CN3C(=O)[C@H](c3cc(OCCN4CC[C@H](NC(=O)c5cc6c(cc5CS(C)(=O)=O)-c5cn(C)c(=O)c7[nH]cc(c57)CN6c5ncc(F)cc5F)C4)no3)C(C)C)=NC2=O)cc1. The standard InChI is InChI=1S/C55H57F2N11O9S2/c1-28(2)45(52(71)68-24-36(69)17-42(68)49-62-54(73)55(4,63-49)33-9-7-30(8-10-33)48-29(3)60-27-78-48)43-19-44(64-77-43)76-14-13-66-12-11-35(23-66)61-51(70)37-18-41-38(15-31(37)26-79(6,74)75)39-25-65(5)53(72)47-46(39)32(20-58-47)22-67(41)50-40(57)16-34(56)21-59-50/h7-10,15-16,18-21,25,27-28,35-36,42,45,58,69H,11-14,17,22-24,26H2,1-6H3,(H,61,70)(H,62,63,73)/t35-,36+,42+,45-,55+/m0/s1. The molecule has 20 nitrogen and oxygen atoms in total. The third-order valence-electron chi connectivity index (χ3n) is 15.3. The molecule has 4 aliphatic rings. The minimum absolute atomic E-state index is 0.0244. The molecule has 0 spiro atoms. The van der Waals surface area contributed by atoms with Crippen molar-refractivity contribution in [2.24, 2.45) is 18.0 Å². The summed E-state index contributed by atoms with van der Waals surface area (Å²) in [6.45, 7) is 9.05. The van der Waals surface area contributed by atoms with Gasteiger partial charge in [0.1, 0.15) is 35.2 Å². The molecule has 24 heteroatoms. The van der Waals surface area contributed by atoms with Gasteiger partial charge in [-0.1, -0.05) is 38.1 Å². The Morgan fingerprint density at radius 3 is 2.58 bits per heavy atom. The molecule has 11 rings (SSSR count). The first kappa shape index (κ1) is 53.3. The monoisotopic (exact) mass is 1120 g/mol. The van der Waals surface area contributed by atoms with Crippen molar-refractivity contribution in [2.75, 3.05) is 43.9 Å². The Hall–Kier alpha value is -7.67. The Morgan fingerprint density at radius 1 is 1.08 bits per heavy atom. The number of benzene rings is 2. The van der Waals surface area contributed by atoms with Crippen molar-refractivity contribution in [3.63, 3.8) is 0 Å². The van der Waals surface area contributed by atoms with Crippen LogP contribution in [-0.2, 0) is 44.3 Å². The maximum absolute atomic E-state index is 15.7. The van der Waals surface area contributed by atoms with Crippen LogP contribution < -0.4 is 25.8 Å². The molecule has 9 heterocycles. The predicted molar refractivity (Wildman–Crippen MR) is 291 cm³/mol. The van der Waals surface area contributed by atoms with Gasteiger partial charge in [0, 0.05) is 98.5 Å². The largest absolute Gasteiger partial charge is 0.474 e. The number of thiazole rings is 1. The van der Waals surface area contributed by atoms with Crippen LogP contribution in [0.4, 0.5) is 20.3 Å². The molecule has 4 aliphatic heterocycles. The number of anilines is 2. The molecule has 5 aromatic heterocycles. The maximum atomic E-state index is 15.7. The lowest BCUT2D eigenvalue weighted by molar-refractivity contribution is -0.134. The van der Waals surface area contributed by atoms with Gasteiger partial charge in [0.15, 0.2) is 27.2 Å². The molecule has 2 saturated heterocycles. The summed E-state index contributed by atoms with van der Waals surface area (Å²) in [5.41, 5.74) is 5.21. The van der Waals surface area contributed by atoms with E-state index in [4.69, 9.17) is 9.26 Å². The number of aliphatic hydroxyl groups excluding tert-OH is 1. The molecule has 2 aromatic carbocycles. The van der Waals surface area contributed by atoms with E-state index >= 15 is 4.39 Å². The third kappa shape index (κ3) is 10.1. The molecular weight excluding hydrogens is 1060 g/mol. The summed E-state index contributed by atoms with van der Waals surface area (Å²) >= 11 is 1.54. The molecule has 0 aliphatic carbocycles. The van der Waals surface area contributed by atoms with Crippen molar-refractivity contribution in [2.45, 2.75) is 82.5 Å². The smallest absolute Gasteiger partial charge is 0.277 e. The van der Waals surface area contributed by atoms with Crippen LogP contribution in [0, 0.1) is 24.5 Å². The average Bonchev–Trinajstić information content (AvgIpc) is 4.32. The van der Waals surface area contributed by atoms with Crippen molar-refractivity contribution in [3.8, 4) is 27.4 Å². The van der Waals surface area contributed by atoms with Gasteiger partial charge in [0.25, 0.3) is 23.3 Å². The summed E-state index contributed by atoms with van der Waals surface area (Å²) in [5, 5.41) is 22.0. The third-order valence-corrected chi connectivity index (χ3v) is 17.1. The minimum Gasteiger partial charge on any atom is -0.474 e. The number of carbonyl (C=O) groups excluding carboxylic acids is 3. The topological polar surface area (TPSA) is 251 Å². The molecule has 0 saturated carbocycles. The summed E-state index contributed by atoms with van der Waals surface area (Å²) in [6.07, 6.45) is 5.05. The van der Waals surface area contributed by atoms with Crippen LogP contribution in [-0.4, -0.2) is 129 Å². The quantitative estimate of drug-likeness (QED) is 0.0940. The molecule has 0 bridgehead atoms. The van der Waals surface area contributed by atoms with E-state index < -0.39 is 62.6 Å². The number of aryl methyl sites for hydroxylation is 2. The van der Waals surface area contributed by atoms with Gasteiger partial charge >= 0.3 is 0 Å². The molecule has 3 amide bonds. The molecule has 0 radical (unpaired) electrons. The number of likely N-dealkylation sites (tertiary alicyclic amines) is 2. The number of fused-ring (bicyclic) bond motifs is 2. The number of aliphatic hydroxyl groups is 1. The maximum Gasteiger partial charge on any atom is 0.277 e. The Labute approximate surface area is 456 Å². The first-order valence-electron chi connectivity index (χ1n) is 25.8. The van der Waals surface area contributed by atoms with Gasteiger partial charge in [-0.2, -0.15) is 4.99 Å². The summed E-state index contributed by atoms with van der Waals surface area (Å²) in [4.78, 5) is 77.9. The van der Waals surface area contributed by atoms with Crippen LogP contribution in [0.2, 0.25) is 0 Å². The van der Waals surface area contributed by atoms with E-state index in [1.165, 1.54) is 26.9 Å². The molecule has 79 heavy (non-hydrogen) atoms. The first-order valence-corrected chi connectivity index (χ1v) is 28.7. The number of aromatic nitrogens is 5. The second-order valence-electron chi connectivity index (χ2n) is 21.4. The number of carbonyl (C=O) groups is 3. The lowest BCUT2D eigenvalue weighted by atomic mass is 9.90. The average molecular weight is 1120 g/mol. The zero-order valence-electron chi connectivity index (χ0n) is 44.0. The second kappa shape index (κ2) is 20.5. The number of ether oxygens (including phenoxy) is 1. The zero-order chi connectivity index (χ0) is 55.8. The lowest BCUT2D eigenvalue weighted by Gasteiger charge is -2.31. The zero-order valence-corrected chi connectivity index (χ0v) is 45.7. The number of hydrogen-bond acceptors (Lipinski definition) is 16. The number of pyridine rings is 2. The van der Waals surface area contributed by atoms with Crippen LogP contribution in [0.15, 0.2) is 86.9 Å². The second-order valence-corrected chi connectivity index (χ2v) is 24.3. The number of nitrogens with zero attached hydrogens (tertiary/aromatic N) is 8. The van der Waals surface area contributed by atoms with Crippen LogP contribution in [0.5, 0.6) is 5.88 Å². The van der Waals surface area contributed by atoms with Gasteiger partial charge in [-0.3, -0.25) is 24.1 Å². The predicted octanol–water partition coefficient (Wildman–Crippen LogP) is 5.85. The molecule has 5 atom stereocenters. The number of amides is 3. The minimum atomic E-state index is -3.72. The first-order chi connectivity index (χ1) is 37.6. The van der Waals surface area contributed by atoms with Gasteiger partial charge in [0.2, 0.25) is 5.91 Å². The number of aliphatic imine (C=N–C) groups is 1. The van der Waals surface area contributed by atoms with E-state index in [1.807, 2.05) is 45.0 Å². The fourth-order valence-corrected chi connectivity index (χ4v) is 13.0. The highest BCUT2D eigenvalue weighted by Gasteiger charge is 2.49. The van der Waals surface area contributed by atoms with Gasteiger partial charge in [-0.05, 0) is 65.7 Å². The Kier molecular flexibility index (Phi) is 13.9. The highest BCUT2D eigenvalue weighted by molar-refractivity contribution is 7.89. The number of halogens is 2. The van der Waals surface area contributed by atoms with E-state index in [2.05, 4.69) is 40.6 Å². The highest BCUT2D eigenvalue weighted by Crippen LogP contribution is 2.45. The van der Waals surface area contributed by atoms with Gasteiger partial charge in [-0.15, -0.1) is 11.3 Å². The normalized spacial score (nSPS) is 20.7. The van der Waals surface area contributed by atoms with Gasteiger partial charge in [-0.25, -0.2) is 27.2 Å². The fourth-order valence-electron chi connectivity index (χ4n) is 11.4. The number of hydrogen-bond donors (Lipinski definition) is 4. The summed E-state index contributed by atoms with van der Waals surface area (Å²) in [5.74, 6) is -4.26. The molecular formula is C55H57F2N11O9S2. The van der Waals surface area contributed by atoms with Crippen LogP contribution >= 0.6 is 11.3 Å². The van der Waals surface area contributed by atoms with Gasteiger partial charge < -0.3 is 44.4 Å². The summed E-state index contributed by atoms with van der Waals surface area (Å²) < 4.78 is 69.0. The van der Waals surface area contributed by atoms with E-state index in [1.54, 1.807) is 48.9 Å². The van der Waals surface area contributed by atoms with Crippen molar-refractivity contribution in [1.29, 1.82) is 0 Å². The lowest BCUT2D eigenvalue weighted by Crippen LogP contribution is -2.51. The van der Waals surface area contributed by atoms with E-state index in [-0.39, 0.29) is 83.6 Å². The van der Waals surface area contributed by atoms with Crippen molar-refractivity contribution in [1.82, 2.24) is 45.1 Å². The Morgan fingerprint density at radius 2 is 1.86 bits per heavy atom. The van der Waals surface area contributed by atoms with Crippen molar-refractivity contribution >= 4 is 67.1 Å². The van der Waals surface area contributed by atoms with Gasteiger partial charge in [0.05, 0.1) is 52.4 Å². The number of sulfone groups is 1. The molecule has 7 aromatic rings. The Bertz CT molecular complexity index is 3800. The highest BCUT2D eigenvalue weighted by atomic mass is 32.2. The number of amidine groups is 1.